The van der Waals surface area contributed by atoms with Crippen LogP contribution in [0.5, 0.6) is 0 Å². The van der Waals surface area contributed by atoms with E-state index in [2.05, 4.69) is 10.6 Å². The smallest absolute Gasteiger partial charge is 0.316 e. The molecule has 1 unspecified atom stereocenters. The van der Waals surface area contributed by atoms with Gasteiger partial charge in [-0.25, -0.2) is 4.79 Å². The second-order valence-electron chi connectivity index (χ2n) is 5.28. The van der Waals surface area contributed by atoms with Crippen molar-refractivity contribution in [2.75, 3.05) is 27.2 Å². The minimum Gasteiger partial charge on any atom is -0.337 e. The molecule has 2 aliphatic carbocycles. The van der Waals surface area contributed by atoms with Crippen LogP contribution in [0.1, 0.15) is 25.7 Å². The van der Waals surface area contributed by atoms with E-state index in [1.165, 1.54) is 25.7 Å². The third kappa shape index (κ3) is 2.88. The maximum Gasteiger partial charge on any atom is 0.316 e. The number of amides is 2. The fraction of sp³-hybridized carbons (Fsp3) is 0.917. The molecule has 0 aromatic carbocycles. The van der Waals surface area contributed by atoms with Gasteiger partial charge in [-0.15, -0.1) is 0 Å². The summed E-state index contributed by atoms with van der Waals surface area (Å²) >= 11 is 0. The van der Waals surface area contributed by atoms with Crippen molar-refractivity contribution in [2.24, 2.45) is 11.8 Å². The largest absolute Gasteiger partial charge is 0.337 e. The Kier molecular flexibility index (Phi) is 3.69. The first-order chi connectivity index (χ1) is 7.68. The number of rotatable bonds is 4. The Balaban J connectivity index is 1.56. The van der Waals surface area contributed by atoms with Crippen molar-refractivity contribution in [3.8, 4) is 0 Å². The van der Waals surface area contributed by atoms with Crippen molar-refractivity contribution in [1.82, 2.24) is 15.5 Å². The standard InChI is InChI=1S/C12H23N3O/c1-15(2)12(16)14-7-6-13-11-5-3-4-9-8-10(9)11/h9-11,13H,3-8H2,1-2H3,(H,14,16)/t9-,10+,11?/m0/s1. The lowest BCUT2D eigenvalue weighted by Gasteiger charge is -2.23. The fourth-order valence-electron chi connectivity index (χ4n) is 2.75. The van der Waals surface area contributed by atoms with Gasteiger partial charge in [-0.3, -0.25) is 0 Å². The molecular formula is C12H23N3O. The second kappa shape index (κ2) is 5.04. The van der Waals surface area contributed by atoms with Gasteiger partial charge < -0.3 is 15.5 Å². The molecule has 0 spiro atoms. The Hall–Kier alpha value is -0.770. The van der Waals surface area contributed by atoms with Crippen molar-refractivity contribution in [1.29, 1.82) is 0 Å². The zero-order valence-electron chi connectivity index (χ0n) is 10.3. The zero-order chi connectivity index (χ0) is 11.5. The number of carbonyl (C=O) groups excluding carboxylic acids is 1. The summed E-state index contributed by atoms with van der Waals surface area (Å²) in [6.07, 6.45) is 5.58. The molecule has 16 heavy (non-hydrogen) atoms. The lowest BCUT2D eigenvalue weighted by Crippen LogP contribution is -2.42. The van der Waals surface area contributed by atoms with Gasteiger partial charge in [0, 0.05) is 33.2 Å². The average molecular weight is 225 g/mol. The van der Waals surface area contributed by atoms with Gasteiger partial charge in [0.25, 0.3) is 0 Å². The van der Waals surface area contributed by atoms with E-state index in [4.69, 9.17) is 0 Å². The van der Waals surface area contributed by atoms with Crippen LogP contribution >= 0.6 is 0 Å². The van der Waals surface area contributed by atoms with Crippen LogP contribution in [0, 0.1) is 11.8 Å². The lowest BCUT2D eigenvalue weighted by atomic mass is 9.95. The van der Waals surface area contributed by atoms with Gasteiger partial charge in [0.15, 0.2) is 0 Å². The molecule has 2 rings (SSSR count). The molecule has 0 aromatic heterocycles. The average Bonchev–Trinajstić information content (AvgIpc) is 3.03. The number of nitrogens with one attached hydrogen (secondary N) is 2. The second-order valence-corrected chi connectivity index (χ2v) is 5.28. The minimum atomic E-state index is -0.00487. The van der Waals surface area contributed by atoms with Crippen LogP contribution < -0.4 is 10.6 Å². The quantitative estimate of drug-likeness (QED) is 0.702. The molecule has 2 fully saturated rings. The summed E-state index contributed by atoms with van der Waals surface area (Å²) < 4.78 is 0. The molecule has 0 heterocycles. The van der Waals surface area contributed by atoms with Crippen molar-refractivity contribution < 1.29 is 4.79 Å². The first-order valence-corrected chi connectivity index (χ1v) is 6.37. The number of urea groups is 1. The third-order valence-electron chi connectivity index (χ3n) is 3.80. The van der Waals surface area contributed by atoms with Crippen molar-refractivity contribution in [2.45, 2.75) is 31.7 Å². The van der Waals surface area contributed by atoms with Gasteiger partial charge in [-0.05, 0) is 24.7 Å². The normalized spacial score (nSPS) is 31.8. The molecule has 2 saturated carbocycles. The summed E-state index contributed by atoms with van der Waals surface area (Å²) in [4.78, 5) is 12.8. The monoisotopic (exact) mass is 225 g/mol. The van der Waals surface area contributed by atoms with Crippen LogP contribution in [0.25, 0.3) is 0 Å². The predicted molar refractivity (Wildman–Crippen MR) is 64.3 cm³/mol. The van der Waals surface area contributed by atoms with Crippen molar-refractivity contribution in [3.05, 3.63) is 0 Å². The topological polar surface area (TPSA) is 44.4 Å². The van der Waals surface area contributed by atoms with Gasteiger partial charge in [0.1, 0.15) is 0 Å². The first kappa shape index (κ1) is 11.7. The Morgan fingerprint density at radius 2 is 2.12 bits per heavy atom. The SMILES string of the molecule is CN(C)C(=O)NCCNC1CCC[C@H]2C[C@@H]12. The molecule has 0 aliphatic heterocycles. The molecule has 2 amide bonds. The Morgan fingerprint density at radius 1 is 1.31 bits per heavy atom. The first-order valence-electron chi connectivity index (χ1n) is 6.37. The van der Waals surface area contributed by atoms with E-state index in [0.717, 1.165) is 31.0 Å². The molecule has 0 radical (unpaired) electrons. The Bertz CT molecular complexity index is 255. The van der Waals surface area contributed by atoms with Crippen LogP contribution in [0.15, 0.2) is 0 Å². The summed E-state index contributed by atoms with van der Waals surface area (Å²) in [6.45, 7) is 1.62. The van der Waals surface area contributed by atoms with E-state index in [1.54, 1.807) is 19.0 Å². The number of carbonyl (C=O) groups is 1. The molecule has 0 saturated heterocycles. The number of fused-ring (bicyclic) bond motifs is 1. The van der Waals surface area contributed by atoms with E-state index in [0.29, 0.717) is 0 Å². The number of hydrogen-bond donors (Lipinski definition) is 2. The van der Waals surface area contributed by atoms with Gasteiger partial charge in [-0.1, -0.05) is 12.8 Å². The van der Waals surface area contributed by atoms with Gasteiger partial charge in [0.05, 0.1) is 0 Å². The maximum atomic E-state index is 11.3. The fourth-order valence-corrected chi connectivity index (χ4v) is 2.75. The van der Waals surface area contributed by atoms with E-state index in [-0.39, 0.29) is 6.03 Å². The summed E-state index contributed by atoms with van der Waals surface area (Å²) in [5.74, 6) is 1.96. The number of hydrogen-bond acceptors (Lipinski definition) is 2. The van der Waals surface area contributed by atoms with E-state index in [9.17, 15) is 4.79 Å². The van der Waals surface area contributed by atoms with Crippen LogP contribution in [0.3, 0.4) is 0 Å². The lowest BCUT2D eigenvalue weighted by molar-refractivity contribution is 0.217. The van der Waals surface area contributed by atoms with Gasteiger partial charge in [0.2, 0.25) is 0 Å². The molecule has 3 atom stereocenters. The van der Waals surface area contributed by atoms with Crippen molar-refractivity contribution >= 4 is 6.03 Å². The highest BCUT2D eigenvalue weighted by Gasteiger charge is 2.44. The predicted octanol–water partition coefficient (Wildman–Crippen LogP) is 1.04. The third-order valence-corrected chi connectivity index (χ3v) is 3.80. The maximum absolute atomic E-state index is 11.3. The molecule has 4 heteroatoms. The Morgan fingerprint density at radius 3 is 2.88 bits per heavy atom. The summed E-state index contributed by atoms with van der Waals surface area (Å²) in [5.41, 5.74) is 0. The highest BCUT2D eigenvalue weighted by molar-refractivity contribution is 5.73. The van der Waals surface area contributed by atoms with E-state index >= 15 is 0 Å². The zero-order valence-corrected chi connectivity index (χ0v) is 10.3. The molecule has 4 nitrogen and oxygen atoms in total. The minimum absolute atomic E-state index is 0.00487. The molecule has 92 valence electrons. The van der Waals surface area contributed by atoms with Gasteiger partial charge >= 0.3 is 6.03 Å². The van der Waals surface area contributed by atoms with E-state index in [1.807, 2.05) is 0 Å². The summed E-state index contributed by atoms with van der Waals surface area (Å²) in [5, 5.41) is 6.45. The highest BCUT2D eigenvalue weighted by Crippen LogP contribution is 2.49. The van der Waals surface area contributed by atoms with Crippen LogP contribution in [0.2, 0.25) is 0 Å². The summed E-state index contributed by atoms with van der Waals surface area (Å²) in [6, 6.07) is 0.713. The molecular weight excluding hydrogens is 202 g/mol. The molecule has 2 aliphatic rings. The van der Waals surface area contributed by atoms with Gasteiger partial charge in [-0.2, -0.15) is 0 Å². The van der Waals surface area contributed by atoms with Crippen LogP contribution in [-0.2, 0) is 0 Å². The van der Waals surface area contributed by atoms with Crippen molar-refractivity contribution in [3.63, 3.8) is 0 Å². The highest BCUT2D eigenvalue weighted by atomic mass is 16.2. The molecule has 0 bridgehead atoms. The Labute approximate surface area is 97.8 Å². The van der Waals surface area contributed by atoms with E-state index < -0.39 is 0 Å². The molecule has 0 aromatic rings. The molecule has 2 N–H and O–H groups in total. The van der Waals surface area contributed by atoms with Crippen LogP contribution in [-0.4, -0.2) is 44.2 Å². The van der Waals surface area contributed by atoms with Crippen LogP contribution in [0.4, 0.5) is 4.79 Å². The summed E-state index contributed by atoms with van der Waals surface area (Å²) in [7, 11) is 3.53. The number of nitrogens with zero attached hydrogens (tertiary/aromatic N) is 1.